The minimum Gasteiger partial charge on any atom is -0.343 e. The summed E-state index contributed by atoms with van der Waals surface area (Å²) in [5.74, 6) is 0. The van der Waals surface area contributed by atoms with Crippen LogP contribution >= 0.6 is 0 Å². The maximum absolute atomic E-state index is 4.62. The van der Waals surface area contributed by atoms with Crippen LogP contribution in [0.15, 0.2) is 55.0 Å². The average molecular weight is 329 g/mol. The summed E-state index contributed by atoms with van der Waals surface area (Å²) >= 11 is 0. The lowest BCUT2D eigenvalue weighted by molar-refractivity contribution is 0.823. The van der Waals surface area contributed by atoms with E-state index < -0.39 is 0 Å². The van der Waals surface area contributed by atoms with Gasteiger partial charge < -0.3 is 10.3 Å². The molecule has 4 aromatic rings. The maximum Gasteiger partial charge on any atom is 0.0977 e. The molecule has 3 aromatic heterocycles. The molecular formula is C20H19N5. The third kappa shape index (κ3) is 2.90. The van der Waals surface area contributed by atoms with Crippen molar-refractivity contribution in [2.75, 3.05) is 7.05 Å². The Balaban J connectivity index is 1.86. The number of rotatable bonds is 4. The summed E-state index contributed by atoms with van der Waals surface area (Å²) in [6.45, 7) is 2.79. The molecule has 0 aliphatic heterocycles. The fraction of sp³-hybridized carbons (Fsp3) is 0.150. The molecule has 0 fully saturated rings. The van der Waals surface area contributed by atoms with E-state index in [1.54, 1.807) is 6.33 Å². The molecule has 0 aliphatic carbocycles. The van der Waals surface area contributed by atoms with E-state index in [2.05, 4.69) is 43.5 Å². The normalized spacial score (nSPS) is 11.1. The second-order valence-corrected chi connectivity index (χ2v) is 6.02. The molecule has 0 unspecified atom stereocenters. The first-order valence-corrected chi connectivity index (χ1v) is 8.26. The lowest BCUT2D eigenvalue weighted by Gasteiger charge is -2.08. The zero-order valence-corrected chi connectivity index (χ0v) is 14.2. The molecular weight excluding hydrogens is 310 g/mol. The molecule has 0 saturated carbocycles. The quantitative estimate of drug-likeness (QED) is 0.599. The standard InChI is InChI=1S/C20H19N5/c1-13-4-3-5-18(25-13)20-19(23-12-24-20)14-6-7-17-16(10-14)15(11-21-2)8-9-22-17/h3-10,12,21H,11H2,1-2H3,(H,23,24). The molecule has 0 radical (unpaired) electrons. The minimum atomic E-state index is 0.801. The van der Waals surface area contributed by atoms with Crippen molar-refractivity contribution in [2.24, 2.45) is 0 Å². The predicted octanol–water partition coefficient (Wildman–Crippen LogP) is 3.71. The van der Waals surface area contributed by atoms with Crippen LogP contribution in [-0.4, -0.2) is 27.0 Å². The van der Waals surface area contributed by atoms with Gasteiger partial charge in [-0.3, -0.25) is 9.97 Å². The van der Waals surface area contributed by atoms with Gasteiger partial charge in [0.25, 0.3) is 0 Å². The number of hydrogen-bond donors (Lipinski definition) is 2. The Morgan fingerprint density at radius 2 is 2.00 bits per heavy atom. The van der Waals surface area contributed by atoms with E-state index in [9.17, 15) is 0 Å². The van der Waals surface area contributed by atoms with Crippen molar-refractivity contribution in [1.29, 1.82) is 0 Å². The molecule has 4 rings (SSSR count). The zero-order valence-electron chi connectivity index (χ0n) is 14.2. The van der Waals surface area contributed by atoms with Gasteiger partial charge in [0.15, 0.2) is 0 Å². The topological polar surface area (TPSA) is 66.5 Å². The van der Waals surface area contributed by atoms with Gasteiger partial charge in [0.2, 0.25) is 0 Å². The van der Waals surface area contributed by atoms with Crippen LogP contribution in [-0.2, 0) is 6.54 Å². The number of H-pyrrole nitrogens is 1. The highest BCUT2D eigenvalue weighted by Gasteiger charge is 2.13. The predicted molar refractivity (Wildman–Crippen MR) is 100 cm³/mol. The molecule has 0 spiro atoms. The largest absolute Gasteiger partial charge is 0.343 e. The molecule has 25 heavy (non-hydrogen) atoms. The molecule has 0 amide bonds. The Morgan fingerprint density at radius 3 is 2.84 bits per heavy atom. The zero-order chi connectivity index (χ0) is 17.2. The molecule has 3 heterocycles. The van der Waals surface area contributed by atoms with Crippen molar-refractivity contribution in [3.05, 3.63) is 66.2 Å². The van der Waals surface area contributed by atoms with E-state index in [0.717, 1.165) is 45.8 Å². The Bertz CT molecular complexity index is 1040. The van der Waals surface area contributed by atoms with Crippen molar-refractivity contribution >= 4 is 10.9 Å². The van der Waals surface area contributed by atoms with Crippen LogP contribution in [0.1, 0.15) is 11.3 Å². The minimum absolute atomic E-state index is 0.801. The number of aromatic amines is 1. The molecule has 0 saturated heterocycles. The second-order valence-electron chi connectivity index (χ2n) is 6.02. The van der Waals surface area contributed by atoms with Crippen molar-refractivity contribution < 1.29 is 0 Å². The van der Waals surface area contributed by atoms with Crippen LogP contribution in [0.2, 0.25) is 0 Å². The second kappa shape index (κ2) is 6.45. The molecule has 5 nitrogen and oxygen atoms in total. The summed E-state index contributed by atoms with van der Waals surface area (Å²) in [4.78, 5) is 16.9. The summed E-state index contributed by atoms with van der Waals surface area (Å²) < 4.78 is 0. The fourth-order valence-corrected chi connectivity index (χ4v) is 3.09. The highest BCUT2D eigenvalue weighted by atomic mass is 14.9. The Morgan fingerprint density at radius 1 is 1.08 bits per heavy atom. The van der Waals surface area contributed by atoms with E-state index >= 15 is 0 Å². The van der Waals surface area contributed by atoms with E-state index in [0.29, 0.717) is 0 Å². The van der Waals surface area contributed by atoms with Crippen molar-refractivity contribution in [2.45, 2.75) is 13.5 Å². The van der Waals surface area contributed by atoms with Crippen LogP contribution in [0.4, 0.5) is 0 Å². The highest BCUT2D eigenvalue weighted by molar-refractivity contribution is 5.88. The number of aryl methyl sites for hydroxylation is 1. The molecule has 2 N–H and O–H groups in total. The number of benzene rings is 1. The monoisotopic (exact) mass is 329 g/mol. The molecule has 0 atom stereocenters. The first-order chi connectivity index (χ1) is 12.3. The number of nitrogens with zero attached hydrogens (tertiary/aromatic N) is 3. The van der Waals surface area contributed by atoms with Gasteiger partial charge in [0.05, 0.1) is 28.9 Å². The molecule has 0 bridgehead atoms. The molecule has 1 aromatic carbocycles. The number of aromatic nitrogens is 4. The third-order valence-electron chi connectivity index (χ3n) is 4.26. The number of hydrogen-bond acceptors (Lipinski definition) is 4. The Labute approximate surface area is 146 Å². The van der Waals surface area contributed by atoms with Gasteiger partial charge in [-0.2, -0.15) is 0 Å². The summed E-state index contributed by atoms with van der Waals surface area (Å²) in [5, 5.41) is 4.35. The van der Waals surface area contributed by atoms with Crippen LogP contribution in [0.5, 0.6) is 0 Å². The number of imidazole rings is 1. The smallest absolute Gasteiger partial charge is 0.0977 e. The molecule has 0 aliphatic rings. The van der Waals surface area contributed by atoms with Gasteiger partial charge in [-0.1, -0.05) is 12.1 Å². The highest BCUT2D eigenvalue weighted by Crippen LogP contribution is 2.30. The van der Waals surface area contributed by atoms with Crippen LogP contribution < -0.4 is 5.32 Å². The summed E-state index contributed by atoms with van der Waals surface area (Å²) in [5.41, 5.74) is 6.98. The third-order valence-corrected chi connectivity index (χ3v) is 4.26. The summed E-state index contributed by atoms with van der Waals surface area (Å²) in [7, 11) is 1.95. The summed E-state index contributed by atoms with van der Waals surface area (Å²) in [6, 6.07) is 14.3. The lowest BCUT2D eigenvalue weighted by atomic mass is 10.0. The van der Waals surface area contributed by atoms with Crippen LogP contribution in [0.25, 0.3) is 33.5 Å². The number of fused-ring (bicyclic) bond motifs is 1. The van der Waals surface area contributed by atoms with Crippen LogP contribution in [0, 0.1) is 6.92 Å². The van der Waals surface area contributed by atoms with Gasteiger partial charge in [-0.25, -0.2) is 4.98 Å². The average Bonchev–Trinajstić information content (AvgIpc) is 3.12. The first-order valence-electron chi connectivity index (χ1n) is 8.26. The number of nitrogens with one attached hydrogen (secondary N) is 2. The van der Waals surface area contributed by atoms with E-state index in [1.807, 2.05) is 44.4 Å². The van der Waals surface area contributed by atoms with E-state index in [-0.39, 0.29) is 0 Å². The maximum atomic E-state index is 4.62. The summed E-state index contributed by atoms with van der Waals surface area (Å²) in [6.07, 6.45) is 3.57. The lowest BCUT2D eigenvalue weighted by Crippen LogP contribution is -2.05. The van der Waals surface area contributed by atoms with E-state index in [4.69, 9.17) is 0 Å². The Hall–Kier alpha value is -3.05. The van der Waals surface area contributed by atoms with Gasteiger partial charge in [-0.05, 0) is 49.9 Å². The van der Waals surface area contributed by atoms with Crippen molar-refractivity contribution in [3.8, 4) is 22.6 Å². The first kappa shape index (κ1) is 15.5. The Kier molecular flexibility index (Phi) is 3.99. The molecule has 124 valence electrons. The molecule has 5 heteroatoms. The fourth-order valence-electron chi connectivity index (χ4n) is 3.09. The number of pyridine rings is 2. The van der Waals surface area contributed by atoms with E-state index in [1.165, 1.54) is 5.56 Å². The van der Waals surface area contributed by atoms with Gasteiger partial charge >= 0.3 is 0 Å². The SMILES string of the molecule is CNCc1ccnc2ccc(-c3nc[nH]c3-c3cccc(C)n3)cc12. The van der Waals surface area contributed by atoms with Crippen molar-refractivity contribution in [3.63, 3.8) is 0 Å². The van der Waals surface area contributed by atoms with Crippen LogP contribution in [0.3, 0.4) is 0 Å². The van der Waals surface area contributed by atoms with Gasteiger partial charge in [0.1, 0.15) is 0 Å². The van der Waals surface area contributed by atoms with Gasteiger partial charge in [0, 0.05) is 29.4 Å². The van der Waals surface area contributed by atoms with Crippen molar-refractivity contribution in [1.82, 2.24) is 25.3 Å². The van der Waals surface area contributed by atoms with Gasteiger partial charge in [-0.15, -0.1) is 0 Å².